The molecule has 10 heteroatoms. The van der Waals surface area contributed by atoms with E-state index in [-0.39, 0.29) is 41.3 Å². The molecule has 1 atom stereocenters. The quantitative estimate of drug-likeness (QED) is 0.389. The Morgan fingerprint density at radius 3 is 2.33 bits per heavy atom. The third kappa shape index (κ3) is 6.45. The molecule has 0 fully saturated rings. The lowest BCUT2D eigenvalue weighted by Gasteiger charge is -2.12. The van der Waals surface area contributed by atoms with Gasteiger partial charge >= 0.3 is 0 Å². The third-order valence-corrected chi connectivity index (χ3v) is 6.90. The van der Waals surface area contributed by atoms with Gasteiger partial charge in [-0.3, -0.25) is 23.9 Å². The number of aryl methyl sites for hydroxylation is 1. The number of amides is 3. The monoisotopic (exact) mass is 509 g/mol. The molecule has 1 heterocycles. The van der Waals surface area contributed by atoms with Crippen molar-refractivity contribution in [1.82, 2.24) is 14.7 Å². The number of para-hydroxylation sites is 2. The number of nitrogens with zero attached hydrogens (tertiary/aromatic N) is 2. The highest BCUT2D eigenvalue weighted by Crippen LogP contribution is 2.17. The number of benzene rings is 2. The number of carbonyl (C=O) groups excluding carboxylic acids is 3. The molecule has 0 aliphatic heterocycles. The molecule has 3 N–H and O–H groups in total. The van der Waals surface area contributed by atoms with Gasteiger partial charge in [-0.2, -0.15) is 0 Å². The lowest BCUT2D eigenvalue weighted by atomic mass is 10.1. The van der Waals surface area contributed by atoms with E-state index in [4.69, 9.17) is 0 Å². The summed E-state index contributed by atoms with van der Waals surface area (Å²) in [4.78, 5) is 50.1. The van der Waals surface area contributed by atoms with Crippen molar-refractivity contribution < 1.29 is 14.4 Å². The first-order valence-corrected chi connectivity index (χ1v) is 12.7. The second-order valence-corrected chi connectivity index (χ2v) is 9.54. The number of hydrogen-bond donors (Lipinski definition) is 3. The molecule has 9 nitrogen and oxygen atoms in total. The van der Waals surface area contributed by atoms with E-state index in [2.05, 4.69) is 16.0 Å². The zero-order valence-electron chi connectivity index (χ0n) is 20.8. The van der Waals surface area contributed by atoms with Crippen molar-refractivity contribution in [3.05, 3.63) is 76.2 Å². The zero-order valence-corrected chi connectivity index (χ0v) is 21.6. The van der Waals surface area contributed by atoms with E-state index in [0.717, 1.165) is 29.4 Å². The van der Waals surface area contributed by atoms with Crippen LogP contribution in [0, 0.1) is 6.92 Å². The fourth-order valence-corrected chi connectivity index (χ4v) is 4.30. The highest BCUT2D eigenvalue weighted by molar-refractivity contribution is 8.01. The zero-order chi connectivity index (χ0) is 26.2. The van der Waals surface area contributed by atoms with Crippen LogP contribution < -0.4 is 21.5 Å². The summed E-state index contributed by atoms with van der Waals surface area (Å²) in [6.45, 7) is 5.25. The van der Waals surface area contributed by atoms with Crippen LogP contribution in [0.15, 0.2) is 59.4 Å². The van der Waals surface area contributed by atoms with Crippen molar-refractivity contribution in [2.75, 3.05) is 22.9 Å². The van der Waals surface area contributed by atoms with Crippen molar-refractivity contribution >= 4 is 40.9 Å². The standard InChI is InChI=1S/C26H31N5O4S/c1-5-19-11-9-10-14-21(19)28-22(32)15-27-23(33)16-36-18(3)25(34)29-24-17(2)30(4)31(26(24)35)20-12-7-6-8-13-20/h6-14,18H,5,15-16H2,1-4H3,(H,27,33)(H,28,32)(H,29,34)/t18-/m1/s1. The minimum Gasteiger partial charge on any atom is -0.346 e. The summed E-state index contributed by atoms with van der Waals surface area (Å²) < 4.78 is 3.17. The van der Waals surface area contributed by atoms with Gasteiger partial charge in [0.05, 0.1) is 28.9 Å². The van der Waals surface area contributed by atoms with Crippen LogP contribution in [0.1, 0.15) is 25.1 Å². The minimum absolute atomic E-state index is 0.00453. The van der Waals surface area contributed by atoms with Crippen LogP contribution in [-0.4, -0.2) is 44.6 Å². The van der Waals surface area contributed by atoms with Crippen molar-refractivity contribution in [3.8, 4) is 5.69 Å². The largest absolute Gasteiger partial charge is 0.346 e. The molecule has 0 saturated carbocycles. The summed E-state index contributed by atoms with van der Waals surface area (Å²) in [6, 6.07) is 16.6. The molecule has 0 aliphatic rings. The van der Waals surface area contributed by atoms with Gasteiger partial charge in [0.1, 0.15) is 5.69 Å². The molecule has 190 valence electrons. The van der Waals surface area contributed by atoms with E-state index in [9.17, 15) is 19.2 Å². The molecule has 3 rings (SSSR count). The normalized spacial score (nSPS) is 11.6. The lowest BCUT2D eigenvalue weighted by Crippen LogP contribution is -2.35. The first kappa shape index (κ1) is 26.8. The molecule has 36 heavy (non-hydrogen) atoms. The Kier molecular flexibility index (Phi) is 9.13. The number of anilines is 2. The molecule has 0 aliphatic carbocycles. The second kappa shape index (κ2) is 12.3. The van der Waals surface area contributed by atoms with Crippen molar-refractivity contribution in [2.45, 2.75) is 32.4 Å². The average Bonchev–Trinajstić information content (AvgIpc) is 3.09. The highest BCUT2D eigenvalue weighted by Gasteiger charge is 2.22. The van der Waals surface area contributed by atoms with Gasteiger partial charge in [0.25, 0.3) is 5.56 Å². The third-order valence-electron chi connectivity index (χ3n) is 5.75. The maximum atomic E-state index is 13.0. The Morgan fingerprint density at radius 1 is 0.972 bits per heavy atom. The van der Waals surface area contributed by atoms with Gasteiger partial charge < -0.3 is 16.0 Å². The van der Waals surface area contributed by atoms with E-state index in [1.165, 1.54) is 4.68 Å². The molecule has 2 aromatic carbocycles. The number of thioether (sulfide) groups is 1. The maximum absolute atomic E-state index is 13.0. The summed E-state index contributed by atoms with van der Waals surface area (Å²) >= 11 is 1.12. The molecule has 0 saturated heterocycles. The molecule has 1 aromatic heterocycles. The Bertz CT molecular complexity index is 1300. The molecular weight excluding hydrogens is 478 g/mol. The van der Waals surface area contributed by atoms with Crippen molar-refractivity contribution in [3.63, 3.8) is 0 Å². The Balaban J connectivity index is 1.51. The molecule has 3 aromatic rings. The average molecular weight is 510 g/mol. The molecule has 0 spiro atoms. The van der Waals surface area contributed by atoms with E-state index < -0.39 is 5.25 Å². The van der Waals surface area contributed by atoms with Gasteiger partial charge in [-0.05, 0) is 44.0 Å². The van der Waals surface area contributed by atoms with Crippen LogP contribution in [0.25, 0.3) is 5.69 Å². The lowest BCUT2D eigenvalue weighted by molar-refractivity contribution is -0.122. The number of rotatable bonds is 10. The summed E-state index contributed by atoms with van der Waals surface area (Å²) in [5.41, 5.74) is 2.91. The Labute approximate surface area is 214 Å². The highest BCUT2D eigenvalue weighted by atomic mass is 32.2. The van der Waals surface area contributed by atoms with E-state index in [1.807, 2.05) is 61.5 Å². The Morgan fingerprint density at radius 2 is 1.64 bits per heavy atom. The van der Waals surface area contributed by atoms with Crippen LogP contribution in [0.2, 0.25) is 0 Å². The summed E-state index contributed by atoms with van der Waals surface area (Å²) in [7, 11) is 1.75. The van der Waals surface area contributed by atoms with Crippen molar-refractivity contribution in [1.29, 1.82) is 0 Å². The number of nitrogens with one attached hydrogen (secondary N) is 3. The predicted octanol–water partition coefficient (Wildman–Crippen LogP) is 2.86. The summed E-state index contributed by atoms with van der Waals surface area (Å²) in [6.07, 6.45) is 0.780. The first-order chi connectivity index (χ1) is 17.2. The number of aromatic nitrogens is 2. The Hall–Kier alpha value is -3.79. The van der Waals surface area contributed by atoms with E-state index >= 15 is 0 Å². The van der Waals surface area contributed by atoms with Gasteiger partial charge in [-0.25, -0.2) is 4.68 Å². The second-order valence-electron chi connectivity index (χ2n) is 8.21. The fourth-order valence-electron chi connectivity index (χ4n) is 3.59. The van der Waals surface area contributed by atoms with Crippen LogP contribution >= 0.6 is 11.8 Å². The van der Waals surface area contributed by atoms with Crippen LogP contribution in [0.3, 0.4) is 0 Å². The SMILES string of the molecule is CCc1ccccc1NC(=O)CNC(=O)CS[C@H](C)C(=O)Nc1c(C)n(C)n(-c2ccccc2)c1=O. The number of carbonyl (C=O) groups is 3. The van der Waals surface area contributed by atoms with Gasteiger partial charge in [-0.15, -0.1) is 11.8 Å². The summed E-state index contributed by atoms with van der Waals surface area (Å²) in [5, 5.41) is 7.49. The minimum atomic E-state index is -0.592. The topological polar surface area (TPSA) is 114 Å². The molecular formula is C26H31N5O4S. The van der Waals surface area contributed by atoms with Crippen LogP contribution in [0.4, 0.5) is 11.4 Å². The first-order valence-electron chi connectivity index (χ1n) is 11.6. The number of hydrogen-bond acceptors (Lipinski definition) is 5. The van der Waals surface area contributed by atoms with Gasteiger partial charge in [-0.1, -0.05) is 43.3 Å². The molecule has 0 unspecified atom stereocenters. The maximum Gasteiger partial charge on any atom is 0.295 e. The van der Waals surface area contributed by atoms with Crippen LogP contribution in [-0.2, 0) is 27.9 Å². The predicted molar refractivity (Wildman–Crippen MR) is 144 cm³/mol. The molecule has 0 radical (unpaired) electrons. The fraction of sp³-hybridized carbons (Fsp3) is 0.308. The van der Waals surface area contributed by atoms with E-state index in [0.29, 0.717) is 11.4 Å². The molecule has 0 bridgehead atoms. The van der Waals surface area contributed by atoms with Crippen LogP contribution in [0.5, 0.6) is 0 Å². The van der Waals surface area contributed by atoms with Crippen molar-refractivity contribution in [2.24, 2.45) is 7.05 Å². The summed E-state index contributed by atoms with van der Waals surface area (Å²) in [5.74, 6) is -1.07. The van der Waals surface area contributed by atoms with Gasteiger partial charge in [0.2, 0.25) is 17.7 Å². The van der Waals surface area contributed by atoms with E-state index in [1.54, 1.807) is 25.6 Å². The smallest absolute Gasteiger partial charge is 0.295 e. The van der Waals surface area contributed by atoms with Gasteiger partial charge in [0.15, 0.2) is 0 Å². The van der Waals surface area contributed by atoms with Gasteiger partial charge in [0, 0.05) is 12.7 Å². The molecule has 3 amide bonds.